The van der Waals surface area contributed by atoms with Crippen LogP contribution in [-0.2, 0) is 16.6 Å². The molecule has 1 aromatic heterocycles. The molecular weight excluding hydrogens is 342 g/mol. The van der Waals surface area contributed by atoms with Crippen LogP contribution >= 0.6 is 0 Å². The van der Waals surface area contributed by atoms with Gasteiger partial charge in [0, 0.05) is 32.0 Å². The highest BCUT2D eigenvalue weighted by atomic mass is 16.5. The van der Waals surface area contributed by atoms with Gasteiger partial charge in [-0.2, -0.15) is 0 Å². The van der Waals surface area contributed by atoms with E-state index in [1.807, 2.05) is 24.3 Å². The van der Waals surface area contributed by atoms with Gasteiger partial charge in [-0.05, 0) is 29.8 Å². The number of guanidine groups is 1. The summed E-state index contributed by atoms with van der Waals surface area (Å²) in [5, 5.41) is 6.67. The quantitative estimate of drug-likeness (QED) is 0.381. The lowest BCUT2D eigenvalue weighted by atomic mass is 9.85. The number of aliphatic imine (C=N–C) groups is 1. The van der Waals surface area contributed by atoms with E-state index in [0.29, 0.717) is 19.7 Å². The number of ether oxygens (including phenoxy) is 2. The Bertz CT molecular complexity index is 696. The van der Waals surface area contributed by atoms with Crippen LogP contribution in [0.2, 0.25) is 0 Å². The summed E-state index contributed by atoms with van der Waals surface area (Å²) < 4.78 is 15.8. The van der Waals surface area contributed by atoms with Crippen molar-refractivity contribution in [2.24, 2.45) is 4.99 Å². The molecule has 6 nitrogen and oxygen atoms in total. The third kappa shape index (κ3) is 6.98. The van der Waals surface area contributed by atoms with Gasteiger partial charge in [0.25, 0.3) is 0 Å². The summed E-state index contributed by atoms with van der Waals surface area (Å²) in [5.41, 5.74) is 1.07. The predicted octanol–water partition coefficient (Wildman–Crippen LogP) is 2.99. The van der Waals surface area contributed by atoms with Gasteiger partial charge in [-0.15, -0.1) is 0 Å². The first-order valence-electron chi connectivity index (χ1n) is 9.23. The number of hydrogen-bond acceptors (Lipinski definition) is 4. The number of hydrogen-bond donors (Lipinski definition) is 2. The summed E-state index contributed by atoms with van der Waals surface area (Å²) in [6.07, 6.45) is 2.50. The molecule has 0 aliphatic heterocycles. The first-order chi connectivity index (χ1) is 13.0. The van der Waals surface area contributed by atoms with Gasteiger partial charge >= 0.3 is 0 Å². The Balaban J connectivity index is 1.99. The van der Waals surface area contributed by atoms with Crippen molar-refractivity contribution in [3.63, 3.8) is 0 Å². The SMILES string of the molecule is COCCNC(=NCC(C)(C)c1cccc(OC)c1)NCCc1ccco1. The van der Waals surface area contributed by atoms with Crippen LogP contribution in [0.15, 0.2) is 52.1 Å². The molecule has 0 fully saturated rings. The predicted molar refractivity (Wildman–Crippen MR) is 109 cm³/mol. The van der Waals surface area contributed by atoms with E-state index >= 15 is 0 Å². The largest absolute Gasteiger partial charge is 0.497 e. The normalized spacial score (nSPS) is 12.1. The maximum absolute atomic E-state index is 5.38. The molecule has 1 aromatic carbocycles. The minimum atomic E-state index is -0.120. The molecule has 6 heteroatoms. The van der Waals surface area contributed by atoms with Crippen molar-refractivity contribution >= 4 is 5.96 Å². The Kier molecular flexibility index (Phi) is 8.20. The molecular formula is C21H31N3O3. The van der Waals surface area contributed by atoms with E-state index in [0.717, 1.165) is 30.4 Å². The third-order valence-corrected chi connectivity index (χ3v) is 4.33. The third-order valence-electron chi connectivity index (χ3n) is 4.33. The molecule has 2 N–H and O–H groups in total. The number of furan rings is 1. The second-order valence-electron chi connectivity index (χ2n) is 6.96. The maximum Gasteiger partial charge on any atom is 0.191 e. The standard InChI is InChI=1S/C21H31N3O3/c1-21(2,17-7-5-8-19(15-17)26-4)16-24-20(23-12-14-25-3)22-11-10-18-9-6-13-27-18/h5-9,13,15H,10-12,14,16H2,1-4H3,(H2,22,23,24). The van der Waals surface area contributed by atoms with Crippen molar-refractivity contribution in [3.05, 3.63) is 54.0 Å². The lowest BCUT2D eigenvalue weighted by molar-refractivity contribution is 0.203. The minimum Gasteiger partial charge on any atom is -0.497 e. The van der Waals surface area contributed by atoms with Gasteiger partial charge in [-0.3, -0.25) is 4.99 Å². The fourth-order valence-electron chi connectivity index (χ4n) is 2.62. The average Bonchev–Trinajstić information content (AvgIpc) is 3.19. The van der Waals surface area contributed by atoms with Gasteiger partial charge in [0.1, 0.15) is 11.5 Å². The van der Waals surface area contributed by atoms with Gasteiger partial charge in [0.05, 0.1) is 26.5 Å². The van der Waals surface area contributed by atoms with Crippen molar-refractivity contribution in [3.8, 4) is 5.75 Å². The minimum absolute atomic E-state index is 0.120. The summed E-state index contributed by atoms with van der Waals surface area (Å²) in [6.45, 7) is 7.07. The number of benzene rings is 1. The van der Waals surface area contributed by atoms with E-state index in [2.05, 4.69) is 36.6 Å². The highest BCUT2D eigenvalue weighted by Gasteiger charge is 2.21. The molecule has 27 heavy (non-hydrogen) atoms. The van der Waals surface area contributed by atoms with E-state index in [-0.39, 0.29) is 5.41 Å². The zero-order valence-corrected chi connectivity index (χ0v) is 16.7. The second kappa shape index (κ2) is 10.6. The van der Waals surface area contributed by atoms with Crippen LogP contribution in [0, 0.1) is 0 Å². The van der Waals surface area contributed by atoms with Gasteiger partial charge in [-0.25, -0.2) is 0 Å². The van der Waals surface area contributed by atoms with Gasteiger partial charge < -0.3 is 24.5 Å². The van der Waals surface area contributed by atoms with Crippen LogP contribution in [0.4, 0.5) is 0 Å². The van der Waals surface area contributed by atoms with Crippen LogP contribution in [0.3, 0.4) is 0 Å². The Morgan fingerprint density at radius 2 is 1.93 bits per heavy atom. The number of nitrogens with zero attached hydrogens (tertiary/aromatic N) is 1. The fraction of sp³-hybridized carbons (Fsp3) is 0.476. The van der Waals surface area contributed by atoms with Crippen LogP contribution in [0.1, 0.15) is 25.2 Å². The average molecular weight is 373 g/mol. The van der Waals surface area contributed by atoms with Gasteiger partial charge in [-0.1, -0.05) is 26.0 Å². The lowest BCUT2D eigenvalue weighted by Crippen LogP contribution is -2.41. The highest BCUT2D eigenvalue weighted by molar-refractivity contribution is 5.79. The lowest BCUT2D eigenvalue weighted by Gasteiger charge is -2.24. The molecule has 2 aromatic rings. The van der Waals surface area contributed by atoms with Crippen LogP contribution in [0.25, 0.3) is 0 Å². The number of nitrogens with one attached hydrogen (secondary N) is 2. The van der Waals surface area contributed by atoms with E-state index in [1.165, 1.54) is 5.56 Å². The van der Waals surface area contributed by atoms with Crippen LogP contribution < -0.4 is 15.4 Å². The molecule has 0 spiro atoms. The molecule has 0 aliphatic rings. The summed E-state index contributed by atoms with van der Waals surface area (Å²) in [7, 11) is 3.37. The van der Waals surface area contributed by atoms with Crippen molar-refractivity contribution in [2.45, 2.75) is 25.7 Å². The second-order valence-corrected chi connectivity index (χ2v) is 6.96. The van der Waals surface area contributed by atoms with Crippen molar-refractivity contribution in [1.29, 1.82) is 0 Å². The highest BCUT2D eigenvalue weighted by Crippen LogP contribution is 2.26. The molecule has 0 radical (unpaired) electrons. The molecule has 0 saturated carbocycles. The van der Waals surface area contributed by atoms with Crippen molar-refractivity contribution < 1.29 is 13.9 Å². The van der Waals surface area contributed by atoms with Crippen molar-refractivity contribution in [2.75, 3.05) is 40.5 Å². The molecule has 0 atom stereocenters. The molecule has 2 rings (SSSR count). The molecule has 0 saturated heterocycles. The van der Waals surface area contributed by atoms with E-state index in [1.54, 1.807) is 20.5 Å². The Hall–Kier alpha value is -2.47. The first kappa shape index (κ1) is 20.8. The monoisotopic (exact) mass is 373 g/mol. The van der Waals surface area contributed by atoms with E-state index < -0.39 is 0 Å². The summed E-state index contributed by atoms with van der Waals surface area (Å²) in [4.78, 5) is 4.79. The number of rotatable bonds is 10. The summed E-state index contributed by atoms with van der Waals surface area (Å²) in [5.74, 6) is 2.59. The topological polar surface area (TPSA) is 68.0 Å². The Morgan fingerprint density at radius 1 is 1.11 bits per heavy atom. The smallest absolute Gasteiger partial charge is 0.191 e. The molecule has 0 bridgehead atoms. The van der Waals surface area contributed by atoms with Gasteiger partial charge in [0.15, 0.2) is 5.96 Å². The zero-order valence-electron chi connectivity index (χ0n) is 16.7. The summed E-state index contributed by atoms with van der Waals surface area (Å²) in [6, 6.07) is 12.0. The first-order valence-corrected chi connectivity index (χ1v) is 9.23. The fourth-order valence-corrected chi connectivity index (χ4v) is 2.62. The van der Waals surface area contributed by atoms with E-state index in [4.69, 9.17) is 18.9 Å². The molecule has 0 unspecified atom stereocenters. The molecule has 1 heterocycles. The molecule has 0 aliphatic carbocycles. The molecule has 148 valence electrons. The van der Waals surface area contributed by atoms with Crippen LogP contribution in [0.5, 0.6) is 5.75 Å². The zero-order chi connectivity index (χ0) is 19.5. The van der Waals surface area contributed by atoms with E-state index in [9.17, 15) is 0 Å². The van der Waals surface area contributed by atoms with Crippen molar-refractivity contribution in [1.82, 2.24) is 10.6 Å². The Labute approximate surface area is 162 Å². The molecule has 0 amide bonds. The number of methoxy groups -OCH3 is 2. The van der Waals surface area contributed by atoms with Crippen LogP contribution in [-0.4, -0.2) is 46.4 Å². The Morgan fingerprint density at radius 3 is 2.63 bits per heavy atom. The maximum atomic E-state index is 5.38. The summed E-state index contributed by atoms with van der Waals surface area (Å²) >= 11 is 0. The van der Waals surface area contributed by atoms with Gasteiger partial charge in [0.2, 0.25) is 0 Å².